The van der Waals surface area contributed by atoms with E-state index in [4.69, 9.17) is 4.74 Å². The first kappa shape index (κ1) is 18.7. The number of ether oxygens (including phenoxy) is 1. The van der Waals surface area contributed by atoms with E-state index in [1.54, 1.807) is 4.90 Å². The summed E-state index contributed by atoms with van der Waals surface area (Å²) in [5.74, 6) is 1.38. The Kier molecular flexibility index (Phi) is 7.06. The van der Waals surface area contributed by atoms with E-state index in [-0.39, 0.29) is 18.6 Å². The van der Waals surface area contributed by atoms with Crippen molar-refractivity contribution in [2.24, 2.45) is 5.92 Å². The van der Waals surface area contributed by atoms with Crippen molar-refractivity contribution in [3.8, 4) is 5.75 Å². The van der Waals surface area contributed by atoms with E-state index < -0.39 is 0 Å². The lowest BCUT2D eigenvalue weighted by Gasteiger charge is -2.39. The first-order chi connectivity index (χ1) is 11.5. The Balaban J connectivity index is 1.89. The van der Waals surface area contributed by atoms with Crippen LogP contribution in [0.2, 0.25) is 0 Å². The predicted octanol–water partition coefficient (Wildman–Crippen LogP) is 2.14. The number of likely N-dealkylation sites (N-methyl/N-ethyl adjacent to an activating group) is 1. The number of nitrogens with zero attached hydrogens (tertiary/aromatic N) is 2. The Labute approximate surface area is 145 Å². The summed E-state index contributed by atoms with van der Waals surface area (Å²) in [6.07, 6.45) is 2.21. The molecule has 0 saturated carbocycles. The molecule has 0 aliphatic carbocycles. The van der Waals surface area contributed by atoms with E-state index >= 15 is 0 Å². The average molecular weight is 334 g/mol. The third-order valence-corrected chi connectivity index (χ3v) is 4.84. The highest BCUT2D eigenvalue weighted by atomic mass is 16.5. The molecule has 24 heavy (non-hydrogen) atoms. The first-order valence-corrected chi connectivity index (χ1v) is 8.85. The maximum atomic E-state index is 12.5. The molecule has 1 saturated heterocycles. The van der Waals surface area contributed by atoms with Crippen LogP contribution in [-0.4, -0.2) is 60.2 Å². The fraction of sp³-hybridized carbons (Fsp3) is 0.632. The van der Waals surface area contributed by atoms with Crippen molar-refractivity contribution >= 4 is 5.91 Å². The third-order valence-electron chi connectivity index (χ3n) is 4.84. The highest BCUT2D eigenvalue weighted by Gasteiger charge is 2.29. The zero-order valence-corrected chi connectivity index (χ0v) is 15.1. The third kappa shape index (κ3) is 4.95. The molecule has 2 atom stereocenters. The van der Waals surface area contributed by atoms with Crippen molar-refractivity contribution < 1.29 is 14.6 Å². The second-order valence-corrected chi connectivity index (χ2v) is 6.67. The maximum absolute atomic E-state index is 12.5. The van der Waals surface area contributed by atoms with Crippen LogP contribution in [0, 0.1) is 5.92 Å². The molecule has 0 spiro atoms. The Morgan fingerprint density at radius 1 is 1.38 bits per heavy atom. The van der Waals surface area contributed by atoms with Gasteiger partial charge in [0.05, 0.1) is 19.8 Å². The molecule has 1 aromatic rings. The Bertz CT molecular complexity index is 518. The molecule has 0 aromatic heterocycles. The average Bonchev–Trinajstić information content (AvgIpc) is 2.57. The van der Waals surface area contributed by atoms with Crippen LogP contribution in [0.3, 0.4) is 0 Å². The van der Waals surface area contributed by atoms with Crippen LogP contribution < -0.4 is 4.74 Å². The maximum Gasteiger partial charge on any atom is 0.236 e. The Morgan fingerprint density at radius 3 is 2.71 bits per heavy atom. The lowest BCUT2D eigenvalue weighted by Crippen LogP contribution is -2.50. The van der Waals surface area contributed by atoms with Crippen molar-refractivity contribution in [1.82, 2.24) is 9.80 Å². The molecule has 1 N–H and O–H groups in total. The smallest absolute Gasteiger partial charge is 0.236 e. The van der Waals surface area contributed by atoms with Gasteiger partial charge in [-0.25, -0.2) is 0 Å². The molecule has 2 unspecified atom stereocenters. The molecule has 1 aliphatic rings. The number of hydrogen-bond acceptors (Lipinski definition) is 4. The summed E-state index contributed by atoms with van der Waals surface area (Å²) in [5, 5.41) is 9.61. The van der Waals surface area contributed by atoms with Gasteiger partial charge in [-0.1, -0.05) is 19.1 Å². The van der Waals surface area contributed by atoms with Crippen molar-refractivity contribution in [3.05, 3.63) is 29.8 Å². The molecular formula is C19H30N2O3. The number of carbonyl (C=O) groups is 1. The van der Waals surface area contributed by atoms with Gasteiger partial charge in [0.2, 0.25) is 5.91 Å². The molecule has 1 aliphatic heterocycles. The van der Waals surface area contributed by atoms with Gasteiger partial charge < -0.3 is 14.7 Å². The number of aliphatic hydroxyl groups is 1. The minimum absolute atomic E-state index is 0.0939. The minimum atomic E-state index is 0.0939. The predicted molar refractivity (Wildman–Crippen MR) is 94.9 cm³/mol. The second-order valence-electron chi connectivity index (χ2n) is 6.67. The number of aliphatic hydroxyl groups excluding tert-OH is 1. The van der Waals surface area contributed by atoms with Gasteiger partial charge in [0.1, 0.15) is 5.75 Å². The van der Waals surface area contributed by atoms with Crippen LogP contribution in [0.1, 0.15) is 32.3 Å². The molecule has 134 valence electrons. The molecule has 5 nitrogen and oxygen atoms in total. The van der Waals surface area contributed by atoms with Gasteiger partial charge in [-0.3, -0.25) is 9.69 Å². The number of carbonyl (C=O) groups excluding carboxylic acids is 1. The van der Waals surface area contributed by atoms with Gasteiger partial charge in [-0.15, -0.1) is 0 Å². The summed E-state index contributed by atoms with van der Waals surface area (Å²) in [7, 11) is 1.83. The van der Waals surface area contributed by atoms with Crippen molar-refractivity contribution in [2.45, 2.75) is 39.3 Å². The van der Waals surface area contributed by atoms with E-state index in [1.807, 2.05) is 38.2 Å². The summed E-state index contributed by atoms with van der Waals surface area (Å²) < 4.78 is 5.44. The number of piperidine rings is 1. The molecule has 1 fully saturated rings. The number of amides is 1. The lowest BCUT2D eigenvalue weighted by atomic mass is 9.91. The van der Waals surface area contributed by atoms with Crippen LogP contribution >= 0.6 is 0 Å². The SMILES string of the molecule is CCOc1ccc(CN(C)C(=O)CN2CCCC(C)C2CO)cc1. The van der Waals surface area contributed by atoms with E-state index in [9.17, 15) is 9.90 Å². The van der Waals surface area contributed by atoms with E-state index in [1.165, 1.54) is 0 Å². The Morgan fingerprint density at radius 2 is 2.08 bits per heavy atom. The van der Waals surface area contributed by atoms with Gasteiger partial charge in [0.25, 0.3) is 0 Å². The van der Waals surface area contributed by atoms with Gasteiger partial charge in [-0.05, 0) is 49.9 Å². The number of benzene rings is 1. The van der Waals surface area contributed by atoms with Crippen molar-refractivity contribution in [2.75, 3.05) is 33.4 Å². The second kappa shape index (κ2) is 9.04. The normalized spacial score (nSPS) is 21.5. The van der Waals surface area contributed by atoms with E-state index in [0.717, 1.165) is 30.7 Å². The highest BCUT2D eigenvalue weighted by molar-refractivity contribution is 5.78. The number of likely N-dealkylation sites (tertiary alicyclic amines) is 1. The largest absolute Gasteiger partial charge is 0.494 e. The van der Waals surface area contributed by atoms with Crippen LogP contribution in [0.5, 0.6) is 5.75 Å². The standard InChI is InChI=1S/C19H30N2O3/c1-4-24-17-9-7-16(8-10-17)12-20(3)19(23)13-21-11-5-6-15(2)18(21)14-22/h7-10,15,18,22H,4-6,11-14H2,1-3H3. The van der Waals surface area contributed by atoms with E-state index in [0.29, 0.717) is 25.6 Å². The lowest BCUT2D eigenvalue weighted by molar-refractivity contribution is -0.133. The van der Waals surface area contributed by atoms with Crippen molar-refractivity contribution in [3.63, 3.8) is 0 Å². The molecule has 5 heteroatoms. The monoisotopic (exact) mass is 334 g/mol. The molecule has 0 bridgehead atoms. The first-order valence-electron chi connectivity index (χ1n) is 8.85. The van der Waals surface area contributed by atoms with Crippen LogP contribution in [0.15, 0.2) is 24.3 Å². The summed E-state index contributed by atoms with van der Waals surface area (Å²) in [5.41, 5.74) is 1.08. The highest BCUT2D eigenvalue weighted by Crippen LogP contribution is 2.23. The number of rotatable bonds is 7. The molecule has 1 aromatic carbocycles. The summed E-state index contributed by atoms with van der Waals surface area (Å²) >= 11 is 0. The zero-order valence-electron chi connectivity index (χ0n) is 15.1. The summed E-state index contributed by atoms with van der Waals surface area (Å²) in [4.78, 5) is 16.4. The molecule has 1 amide bonds. The Hall–Kier alpha value is -1.59. The summed E-state index contributed by atoms with van der Waals surface area (Å²) in [6.45, 7) is 6.73. The van der Waals surface area contributed by atoms with E-state index in [2.05, 4.69) is 11.8 Å². The zero-order chi connectivity index (χ0) is 17.5. The van der Waals surface area contributed by atoms with Crippen molar-refractivity contribution in [1.29, 1.82) is 0 Å². The van der Waals surface area contributed by atoms with Gasteiger partial charge >= 0.3 is 0 Å². The van der Waals surface area contributed by atoms with Gasteiger partial charge in [0, 0.05) is 19.6 Å². The quantitative estimate of drug-likeness (QED) is 0.830. The van der Waals surface area contributed by atoms with Gasteiger partial charge in [0.15, 0.2) is 0 Å². The molecule has 2 rings (SSSR count). The molecule has 1 heterocycles. The topological polar surface area (TPSA) is 53.0 Å². The number of hydrogen-bond donors (Lipinski definition) is 1. The van der Waals surface area contributed by atoms with Crippen LogP contribution in [0.4, 0.5) is 0 Å². The van der Waals surface area contributed by atoms with Crippen LogP contribution in [-0.2, 0) is 11.3 Å². The van der Waals surface area contributed by atoms with Crippen LogP contribution in [0.25, 0.3) is 0 Å². The fourth-order valence-corrected chi connectivity index (χ4v) is 3.34. The fourth-order valence-electron chi connectivity index (χ4n) is 3.34. The molecular weight excluding hydrogens is 304 g/mol. The minimum Gasteiger partial charge on any atom is -0.494 e. The molecule has 0 radical (unpaired) electrons. The summed E-state index contributed by atoms with van der Waals surface area (Å²) in [6, 6.07) is 7.96. The van der Waals surface area contributed by atoms with Gasteiger partial charge in [-0.2, -0.15) is 0 Å².